The van der Waals surface area contributed by atoms with E-state index in [1.807, 2.05) is 0 Å². The van der Waals surface area contributed by atoms with Gasteiger partial charge < -0.3 is 10.1 Å². The van der Waals surface area contributed by atoms with Gasteiger partial charge >= 0.3 is 5.97 Å². The van der Waals surface area contributed by atoms with Gasteiger partial charge in [-0.3, -0.25) is 0 Å². The van der Waals surface area contributed by atoms with Crippen LogP contribution in [0.25, 0.3) is 0 Å². The van der Waals surface area contributed by atoms with Gasteiger partial charge in [0, 0.05) is 11.7 Å². The second kappa shape index (κ2) is 4.12. The fraction of sp³-hybridized carbons (Fsp3) is 0.500. The lowest BCUT2D eigenvalue weighted by Gasteiger charge is -2.39. The molecule has 0 bridgehead atoms. The standard InChI is InChI=1S/C12H16N2O2/c1-12(6-4-7-12)14-10-9(11(15)16-2)5-3-8-13-10/h3,5,8H,4,6-7H2,1-2H3,(H,13,14). The lowest BCUT2D eigenvalue weighted by Crippen LogP contribution is -2.42. The lowest BCUT2D eigenvalue weighted by molar-refractivity contribution is 0.0601. The van der Waals surface area contributed by atoms with Crippen molar-refractivity contribution in [1.82, 2.24) is 4.98 Å². The van der Waals surface area contributed by atoms with Crippen LogP contribution in [0.1, 0.15) is 36.5 Å². The Morgan fingerprint density at radius 3 is 2.88 bits per heavy atom. The van der Waals surface area contributed by atoms with E-state index in [0.29, 0.717) is 11.4 Å². The monoisotopic (exact) mass is 220 g/mol. The molecule has 1 fully saturated rings. The van der Waals surface area contributed by atoms with E-state index in [0.717, 1.165) is 12.8 Å². The van der Waals surface area contributed by atoms with E-state index >= 15 is 0 Å². The fourth-order valence-corrected chi connectivity index (χ4v) is 1.90. The molecule has 0 spiro atoms. The number of nitrogens with zero attached hydrogens (tertiary/aromatic N) is 1. The van der Waals surface area contributed by atoms with Gasteiger partial charge in [-0.1, -0.05) is 0 Å². The van der Waals surface area contributed by atoms with Crippen LogP contribution in [0.15, 0.2) is 18.3 Å². The summed E-state index contributed by atoms with van der Waals surface area (Å²) in [6.45, 7) is 2.15. The zero-order valence-corrected chi connectivity index (χ0v) is 9.62. The van der Waals surface area contributed by atoms with E-state index in [1.165, 1.54) is 13.5 Å². The first-order valence-electron chi connectivity index (χ1n) is 5.46. The number of rotatable bonds is 3. The molecule has 0 radical (unpaired) electrons. The lowest BCUT2D eigenvalue weighted by atomic mass is 9.78. The molecule has 1 saturated carbocycles. The molecule has 1 N–H and O–H groups in total. The highest BCUT2D eigenvalue weighted by Crippen LogP contribution is 2.34. The van der Waals surface area contributed by atoms with Crippen LogP contribution in [0.4, 0.5) is 5.82 Å². The fourth-order valence-electron chi connectivity index (χ4n) is 1.90. The van der Waals surface area contributed by atoms with Crippen molar-refractivity contribution in [2.75, 3.05) is 12.4 Å². The molecule has 4 nitrogen and oxygen atoms in total. The Hall–Kier alpha value is -1.58. The van der Waals surface area contributed by atoms with E-state index < -0.39 is 0 Å². The Balaban J connectivity index is 2.22. The van der Waals surface area contributed by atoms with Crippen LogP contribution < -0.4 is 5.32 Å². The summed E-state index contributed by atoms with van der Waals surface area (Å²) in [7, 11) is 1.38. The van der Waals surface area contributed by atoms with Gasteiger partial charge in [0.25, 0.3) is 0 Å². The maximum Gasteiger partial charge on any atom is 0.341 e. The van der Waals surface area contributed by atoms with Gasteiger partial charge in [-0.2, -0.15) is 0 Å². The predicted octanol–water partition coefficient (Wildman–Crippen LogP) is 2.22. The van der Waals surface area contributed by atoms with E-state index in [1.54, 1.807) is 18.3 Å². The summed E-state index contributed by atoms with van der Waals surface area (Å²) in [5, 5.41) is 3.33. The molecule has 2 rings (SSSR count). The molecule has 4 heteroatoms. The van der Waals surface area contributed by atoms with E-state index in [2.05, 4.69) is 17.2 Å². The molecule has 0 saturated heterocycles. The third kappa shape index (κ3) is 2.01. The molecule has 1 aliphatic carbocycles. The van der Waals surface area contributed by atoms with Crippen molar-refractivity contribution < 1.29 is 9.53 Å². The normalized spacial score (nSPS) is 17.4. The van der Waals surface area contributed by atoms with Crippen LogP contribution in [0, 0.1) is 0 Å². The summed E-state index contributed by atoms with van der Waals surface area (Å²) in [5.41, 5.74) is 0.579. The van der Waals surface area contributed by atoms with Gasteiger partial charge in [0.1, 0.15) is 11.4 Å². The van der Waals surface area contributed by atoms with E-state index in [4.69, 9.17) is 4.74 Å². The van der Waals surface area contributed by atoms with Crippen molar-refractivity contribution in [3.05, 3.63) is 23.9 Å². The van der Waals surface area contributed by atoms with E-state index in [-0.39, 0.29) is 11.5 Å². The average molecular weight is 220 g/mol. The summed E-state index contributed by atoms with van der Waals surface area (Å²) >= 11 is 0. The van der Waals surface area contributed by atoms with Crippen LogP contribution in [0.2, 0.25) is 0 Å². The molecule has 16 heavy (non-hydrogen) atoms. The molecule has 0 amide bonds. The Morgan fingerprint density at radius 2 is 2.31 bits per heavy atom. The molecule has 0 atom stereocenters. The molecule has 1 heterocycles. The Morgan fingerprint density at radius 1 is 1.56 bits per heavy atom. The van der Waals surface area contributed by atoms with Crippen LogP contribution in [0.5, 0.6) is 0 Å². The molecule has 1 aromatic rings. The third-order valence-electron chi connectivity index (χ3n) is 3.09. The summed E-state index contributed by atoms with van der Waals surface area (Å²) < 4.78 is 4.72. The van der Waals surface area contributed by atoms with Gasteiger partial charge in [-0.05, 0) is 38.3 Å². The number of esters is 1. The number of anilines is 1. The first-order chi connectivity index (χ1) is 7.64. The highest BCUT2D eigenvalue weighted by Gasteiger charge is 2.32. The molecular weight excluding hydrogens is 204 g/mol. The maximum atomic E-state index is 11.5. The molecular formula is C12H16N2O2. The molecule has 0 aromatic carbocycles. The molecule has 1 aromatic heterocycles. The van der Waals surface area contributed by atoms with Gasteiger partial charge in [0.2, 0.25) is 0 Å². The Bertz CT molecular complexity index is 400. The van der Waals surface area contributed by atoms with Gasteiger partial charge in [0.15, 0.2) is 0 Å². The highest BCUT2D eigenvalue weighted by molar-refractivity contribution is 5.94. The van der Waals surface area contributed by atoms with Crippen molar-refractivity contribution in [2.45, 2.75) is 31.7 Å². The molecule has 1 aliphatic rings. The highest BCUT2D eigenvalue weighted by atomic mass is 16.5. The summed E-state index contributed by atoms with van der Waals surface area (Å²) in [4.78, 5) is 15.7. The SMILES string of the molecule is COC(=O)c1cccnc1NC1(C)CCC1. The summed E-state index contributed by atoms with van der Waals surface area (Å²) in [6.07, 6.45) is 5.13. The zero-order valence-electron chi connectivity index (χ0n) is 9.62. The number of nitrogens with one attached hydrogen (secondary N) is 1. The molecule has 0 unspecified atom stereocenters. The van der Waals surface area contributed by atoms with Crippen molar-refractivity contribution >= 4 is 11.8 Å². The van der Waals surface area contributed by atoms with Gasteiger partial charge in [-0.15, -0.1) is 0 Å². The largest absolute Gasteiger partial charge is 0.465 e. The van der Waals surface area contributed by atoms with Gasteiger partial charge in [0.05, 0.1) is 7.11 Å². The van der Waals surface area contributed by atoms with Crippen molar-refractivity contribution in [3.63, 3.8) is 0 Å². The second-order valence-electron chi connectivity index (χ2n) is 4.43. The number of aromatic nitrogens is 1. The van der Waals surface area contributed by atoms with Crippen molar-refractivity contribution in [1.29, 1.82) is 0 Å². The first kappa shape index (κ1) is 10.9. The first-order valence-corrected chi connectivity index (χ1v) is 5.46. The quantitative estimate of drug-likeness (QED) is 0.793. The third-order valence-corrected chi connectivity index (χ3v) is 3.09. The van der Waals surface area contributed by atoms with Crippen molar-refractivity contribution in [3.8, 4) is 0 Å². The number of methoxy groups -OCH3 is 1. The number of pyridine rings is 1. The van der Waals surface area contributed by atoms with Crippen LogP contribution in [0.3, 0.4) is 0 Å². The Kier molecular flexibility index (Phi) is 2.81. The Labute approximate surface area is 95.0 Å². The topological polar surface area (TPSA) is 51.2 Å². The zero-order chi connectivity index (χ0) is 11.6. The minimum atomic E-state index is -0.349. The minimum absolute atomic E-state index is 0.0805. The smallest absolute Gasteiger partial charge is 0.341 e. The number of carbonyl (C=O) groups is 1. The minimum Gasteiger partial charge on any atom is -0.465 e. The molecule has 86 valence electrons. The summed E-state index contributed by atoms with van der Waals surface area (Å²) in [5.74, 6) is 0.273. The summed E-state index contributed by atoms with van der Waals surface area (Å²) in [6, 6.07) is 3.46. The molecule has 0 aliphatic heterocycles. The van der Waals surface area contributed by atoms with Crippen molar-refractivity contribution in [2.24, 2.45) is 0 Å². The van der Waals surface area contributed by atoms with E-state index in [9.17, 15) is 4.79 Å². The van der Waals surface area contributed by atoms with Crippen LogP contribution in [-0.4, -0.2) is 23.6 Å². The average Bonchev–Trinajstić information content (AvgIpc) is 2.27. The number of ether oxygens (including phenoxy) is 1. The van der Waals surface area contributed by atoms with Crippen LogP contribution >= 0.6 is 0 Å². The number of hydrogen-bond acceptors (Lipinski definition) is 4. The number of hydrogen-bond donors (Lipinski definition) is 1. The second-order valence-corrected chi connectivity index (χ2v) is 4.43. The van der Waals surface area contributed by atoms with Crippen LogP contribution in [-0.2, 0) is 4.74 Å². The van der Waals surface area contributed by atoms with Gasteiger partial charge in [-0.25, -0.2) is 9.78 Å². The predicted molar refractivity (Wildman–Crippen MR) is 61.5 cm³/mol. The maximum absolute atomic E-state index is 11.5. The number of carbonyl (C=O) groups excluding carboxylic acids is 1.